The number of carbonyl (C=O) groups is 1. The van der Waals surface area contributed by atoms with Gasteiger partial charge in [-0.15, -0.1) is 0 Å². The fourth-order valence-electron chi connectivity index (χ4n) is 3.96. The Morgan fingerprint density at radius 1 is 1.00 bits per heavy atom. The van der Waals surface area contributed by atoms with Gasteiger partial charge in [-0.05, 0) is 72.9 Å². The zero-order valence-corrected chi connectivity index (χ0v) is 17.4. The molecule has 1 aliphatic carbocycles. The molecule has 154 valence electrons. The lowest BCUT2D eigenvalue weighted by Crippen LogP contribution is -2.32. The van der Waals surface area contributed by atoms with Crippen LogP contribution >= 0.6 is 0 Å². The van der Waals surface area contributed by atoms with Crippen molar-refractivity contribution >= 4 is 11.6 Å². The van der Waals surface area contributed by atoms with Crippen molar-refractivity contribution in [1.82, 2.24) is 5.32 Å². The average molecular weight is 393 g/mol. The van der Waals surface area contributed by atoms with Crippen LogP contribution in [0.3, 0.4) is 0 Å². The Labute approximate surface area is 174 Å². The summed E-state index contributed by atoms with van der Waals surface area (Å²) >= 11 is 0. The number of rotatable bonds is 8. The highest BCUT2D eigenvalue weighted by Crippen LogP contribution is 2.32. The van der Waals surface area contributed by atoms with Crippen molar-refractivity contribution in [2.24, 2.45) is 5.92 Å². The van der Waals surface area contributed by atoms with Crippen LogP contribution in [0.5, 0.6) is 5.75 Å². The Hall–Kier alpha value is -2.49. The first kappa shape index (κ1) is 19.8. The molecule has 0 atom stereocenters. The Bertz CT molecular complexity index is 789. The third kappa shape index (κ3) is 5.53. The molecule has 0 unspecified atom stereocenters. The van der Waals surface area contributed by atoms with Gasteiger partial charge in [-0.1, -0.05) is 31.2 Å². The van der Waals surface area contributed by atoms with Crippen molar-refractivity contribution in [2.45, 2.75) is 51.5 Å². The number of nitrogens with zero attached hydrogens (tertiary/aromatic N) is 1. The van der Waals surface area contributed by atoms with Gasteiger partial charge in [0.05, 0.1) is 6.61 Å². The van der Waals surface area contributed by atoms with E-state index in [2.05, 4.69) is 58.7 Å². The van der Waals surface area contributed by atoms with Gasteiger partial charge in [0.1, 0.15) is 5.75 Å². The van der Waals surface area contributed by atoms with Crippen LogP contribution in [0.1, 0.15) is 56.1 Å². The smallest absolute Gasteiger partial charge is 0.219 e. The normalized spacial score (nSPS) is 17.2. The lowest BCUT2D eigenvalue weighted by Gasteiger charge is -2.34. The SMILES string of the molecule is CCC(=O)NCc1ccc(C2CCN(c3ccc(OCC4CC4)cc3)CC2)cc1. The molecule has 2 aliphatic rings. The predicted molar refractivity (Wildman–Crippen MR) is 117 cm³/mol. The van der Waals surface area contributed by atoms with Gasteiger partial charge in [0, 0.05) is 31.7 Å². The van der Waals surface area contributed by atoms with Crippen molar-refractivity contribution in [1.29, 1.82) is 0 Å². The van der Waals surface area contributed by atoms with E-state index in [1.54, 1.807) is 0 Å². The molecule has 1 aliphatic heterocycles. The first-order valence-corrected chi connectivity index (χ1v) is 11.0. The lowest BCUT2D eigenvalue weighted by atomic mass is 9.89. The Morgan fingerprint density at radius 2 is 1.69 bits per heavy atom. The second kappa shape index (κ2) is 9.34. The Morgan fingerprint density at radius 3 is 2.31 bits per heavy atom. The van der Waals surface area contributed by atoms with Gasteiger partial charge in [-0.25, -0.2) is 0 Å². The molecule has 2 fully saturated rings. The van der Waals surface area contributed by atoms with Gasteiger partial charge in [-0.3, -0.25) is 4.79 Å². The summed E-state index contributed by atoms with van der Waals surface area (Å²) in [5.41, 5.74) is 3.88. The zero-order chi connectivity index (χ0) is 20.1. The zero-order valence-electron chi connectivity index (χ0n) is 17.4. The van der Waals surface area contributed by atoms with Gasteiger partial charge in [0.25, 0.3) is 0 Å². The molecule has 1 heterocycles. The van der Waals surface area contributed by atoms with Crippen molar-refractivity contribution in [3.8, 4) is 5.75 Å². The van der Waals surface area contributed by atoms with E-state index in [0.29, 0.717) is 18.9 Å². The second-order valence-electron chi connectivity index (χ2n) is 8.38. The summed E-state index contributed by atoms with van der Waals surface area (Å²) in [6.07, 6.45) is 5.53. The highest BCUT2D eigenvalue weighted by molar-refractivity contribution is 5.75. The minimum Gasteiger partial charge on any atom is -0.493 e. The molecule has 0 aromatic heterocycles. The van der Waals surface area contributed by atoms with Gasteiger partial charge in [-0.2, -0.15) is 0 Å². The van der Waals surface area contributed by atoms with Crippen LogP contribution in [-0.4, -0.2) is 25.6 Å². The van der Waals surface area contributed by atoms with E-state index in [1.807, 2.05) is 6.92 Å². The van der Waals surface area contributed by atoms with Crippen molar-refractivity contribution in [3.63, 3.8) is 0 Å². The monoisotopic (exact) mass is 392 g/mol. The summed E-state index contributed by atoms with van der Waals surface area (Å²) in [6, 6.07) is 17.4. The van der Waals surface area contributed by atoms with E-state index < -0.39 is 0 Å². The van der Waals surface area contributed by atoms with Crippen LogP contribution < -0.4 is 15.0 Å². The molecule has 29 heavy (non-hydrogen) atoms. The molecular formula is C25H32N2O2. The molecule has 4 rings (SSSR count). The number of amides is 1. The number of nitrogens with one attached hydrogen (secondary N) is 1. The third-order valence-electron chi connectivity index (χ3n) is 6.14. The maximum atomic E-state index is 11.4. The van der Waals surface area contributed by atoms with Crippen molar-refractivity contribution in [3.05, 3.63) is 59.7 Å². The molecule has 4 heteroatoms. The molecule has 0 radical (unpaired) electrons. The van der Waals surface area contributed by atoms with Gasteiger partial charge >= 0.3 is 0 Å². The standard InChI is InChI=1S/C25H32N2O2/c1-2-25(28)26-17-19-5-7-21(8-6-19)22-13-15-27(16-14-22)23-9-11-24(12-10-23)29-18-20-3-4-20/h5-12,20,22H,2-4,13-18H2,1H3,(H,26,28). The number of carbonyl (C=O) groups excluding carboxylic acids is 1. The summed E-state index contributed by atoms with van der Waals surface area (Å²) in [5, 5.41) is 2.94. The van der Waals surface area contributed by atoms with Crippen LogP contribution in [-0.2, 0) is 11.3 Å². The molecule has 2 aromatic rings. The van der Waals surface area contributed by atoms with Crippen LogP contribution in [0.25, 0.3) is 0 Å². The number of piperidine rings is 1. The summed E-state index contributed by atoms with van der Waals surface area (Å²) in [4.78, 5) is 13.9. The van der Waals surface area contributed by atoms with Crippen molar-refractivity contribution in [2.75, 3.05) is 24.6 Å². The van der Waals surface area contributed by atoms with E-state index in [-0.39, 0.29) is 5.91 Å². The number of hydrogen-bond donors (Lipinski definition) is 1. The van der Waals surface area contributed by atoms with Crippen LogP contribution in [0, 0.1) is 5.92 Å². The average Bonchev–Trinajstić information content (AvgIpc) is 3.61. The summed E-state index contributed by atoms with van der Waals surface area (Å²) < 4.78 is 5.85. The fourth-order valence-corrected chi connectivity index (χ4v) is 3.96. The molecule has 0 bridgehead atoms. The number of hydrogen-bond acceptors (Lipinski definition) is 3. The molecule has 0 spiro atoms. The van der Waals surface area contributed by atoms with Gasteiger partial charge in [0.2, 0.25) is 5.91 Å². The Kier molecular flexibility index (Phi) is 6.38. The molecule has 2 aromatic carbocycles. The maximum Gasteiger partial charge on any atom is 0.219 e. The van der Waals surface area contributed by atoms with Crippen LogP contribution in [0.15, 0.2) is 48.5 Å². The summed E-state index contributed by atoms with van der Waals surface area (Å²) in [7, 11) is 0. The fraction of sp³-hybridized carbons (Fsp3) is 0.480. The van der Waals surface area contributed by atoms with Gasteiger partial charge < -0.3 is 15.0 Å². The second-order valence-corrected chi connectivity index (χ2v) is 8.38. The first-order valence-electron chi connectivity index (χ1n) is 11.0. The van der Waals surface area contributed by atoms with E-state index in [1.165, 1.54) is 36.9 Å². The third-order valence-corrected chi connectivity index (χ3v) is 6.14. The van der Waals surface area contributed by atoms with E-state index in [4.69, 9.17) is 4.74 Å². The van der Waals surface area contributed by atoms with Crippen LogP contribution in [0.2, 0.25) is 0 Å². The van der Waals surface area contributed by atoms with Gasteiger partial charge in [0.15, 0.2) is 0 Å². The molecular weight excluding hydrogens is 360 g/mol. The molecule has 1 saturated carbocycles. The van der Waals surface area contributed by atoms with Crippen molar-refractivity contribution < 1.29 is 9.53 Å². The highest BCUT2D eigenvalue weighted by atomic mass is 16.5. The molecule has 1 N–H and O–H groups in total. The first-order chi connectivity index (χ1) is 14.2. The predicted octanol–water partition coefficient (Wildman–Crippen LogP) is 4.89. The van der Waals surface area contributed by atoms with Crippen LogP contribution in [0.4, 0.5) is 5.69 Å². The molecule has 4 nitrogen and oxygen atoms in total. The number of anilines is 1. The molecule has 1 saturated heterocycles. The van der Waals surface area contributed by atoms with E-state index >= 15 is 0 Å². The maximum absolute atomic E-state index is 11.4. The lowest BCUT2D eigenvalue weighted by molar-refractivity contribution is -0.120. The number of ether oxygens (including phenoxy) is 1. The number of benzene rings is 2. The minimum absolute atomic E-state index is 0.101. The van der Waals surface area contributed by atoms with E-state index in [9.17, 15) is 4.79 Å². The highest BCUT2D eigenvalue weighted by Gasteiger charge is 2.22. The largest absolute Gasteiger partial charge is 0.493 e. The summed E-state index contributed by atoms with van der Waals surface area (Å²) in [5.74, 6) is 2.50. The van der Waals surface area contributed by atoms with E-state index in [0.717, 1.165) is 36.9 Å². The summed E-state index contributed by atoms with van der Waals surface area (Å²) in [6.45, 7) is 5.53. The quantitative estimate of drug-likeness (QED) is 0.696. The topological polar surface area (TPSA) is 41.6 Å². The Balaban J connectivity index is 1.25. The molecule has 1 amide bonds. The minimum atomic E-state index is 0.101.